The number of benzene rings is 3. The van der Waals surface area contributed by atoms with E-state index in [1.165, 1.54) is 31.4 Å². The smallest absolute Gasteiger partial charge is 0.324 e. The number of H-pyrrole nitrogens is 1. The SMILES string of the molecule is COC(=O)[C@@H](Cc1c[nH]c2ccccc12)NS(=O)(=O)c1ccc(C#CCCCCOS(=O)(=O)c2ccc(C)cc2)cc1. The molecule has 0 aliphatic rings. The van der Waals surface area contributed by atoms with Crippen LogP contribution in [0.15, 0.2) is 88.8 Å². The highest BCUT2D eigenvalue weighted by Crippen LogP contribution is 2.20. The van der Waals surface area contributed by atoms with Crippen molar-refractivity contribution in [2.45, 2.75) is 48.4 Å². The summed E-state index contributed by atoms with van der Waals surface area (Å²) >= 11 is 0. The first-order chi connectivity index (χ1) is 20.1. The number of esters is 1. The predicted octanol–water partition coefficient (Wildman–Crippen LogP) is 4.47. The standard InChI is InChI=1S/C31H32N2O7S2/c1-23-12-16-27(17-13-23)42(37,38)40-20-8-4-3-5-9-24-14-18-26(19-15-24)41(35,36)33-30(31(34)39-2)21-25-22-32-29-11-7-6-10-28(25)29/h6-7,10-19,22,30,32-33H,3-4,8,20-21H2,1-2H3/t30-/m1/s1. The van der Waals surface area contributed by atoms with Crippen LogP contribution in [0.1, 0.15) is 36.0 Å². The molecule has 1 heterocycles. The number of fused-ring (bicyclic) bond motifs is 1. The van der Waals surface area contributed by atoms with Gasteiger partial charge in [0.15, 0.2) is 0 Å². The average Bonchev–Trinajstić information content (AvgIpc) is 3.39. The quantitative estimate of drug-likeness (QED) is 0.105. The molecule has 0 saturated carbocycles. The Kier molecular flexibility index (Phi) is 10.2. The summed E-state index contributed by atoms with van der Waals surface area (Å²) in [6.45, 7) is 1.94. The van der Waals surface area contributed by atoms with Crippen LogP contribution in [0.5, 0.6) is 0 Å². The first-order valence-electron chi connectivity index (χ1n) is 13.3. The zero-order valence-electron chi connectivity index (χ0n) is 23.3. The summed E-state index contributed by atoms with van der Waals surface area (Å²) < 4.78 is 63.0. The number of hydrogen-bond acceptors (Lipinski definition) is 7. The molecule has 4 rings (SSSR count). The fraction of sp³-hybridized carbons (Fsp3) is 0.258. The number of aromatic amines is 1. The van der Waals surface area contributed by atoms with E-state index in [2.05, 4.69) is 21.5 Å². The molecular formula is C31H32N2O7S2. The summed E-state index contributed by atoms with van der Waals surface area (Å²) in [5, 5.41) is 0.897. The van der Waals surface area contributed by atoms with Crippen LogP contribution >= 0.6 is 0 Å². The van der Waals surface area contributed by atoms with Crippen molar-refractivity contribution < 1.29 is 30.6 Å². The van der Waals surface area contributed by atoms with Crippen molar-refractivity contribution in [3.63, 3.8) is 0 Å². The molecule has 42 heavy (non-hydrogen) atoms. The van der Waals surface area contributed by atoms with Crippen molar-refractivity contribution in [2.75, 3.05) is 13.7 Å². The monoisotopic (exact) mass is 608 g/mol. The van der Waals surface area contributed by atoms with E-state index in [4.69, 9.17) is 8.92 Å². The van der Waals surface area contributed by atoms with Gasteiger partial charge in [-0.25, -0.2) is 8.42 Å². The number of para-hydroxylation sites is 1. The number of rotatable bonds is 12. The lowest BCUT2D eigenvalue weighted by Crippen LogP contribution is -2.42. The van der Waals surface area contributed by atoms with Gasteiger partial charge in [0.05, 0.1) is 23.5 Å². The van der Waals surface area contributed by atoms with E-state index >= 15 is 0 Å². The first kappa shape index (κ1) is 31.0. The number of methoxy groups -OCH3 is 1. The molecule has 0 spiro atoms. The average molecular weight is 609 g/mol. The van der Waals surface area contributed by atoms with Gasteiger partial charge >= 0.3 is 5.97 Å². The number of aryl methyl sites for hydroxylation is 1. The van der Waals surface area contributed by atoms with Crippen LogP contribution in [0.4, 0.5) is 0 Å². The minimum absolute atomic E-state index is 0.00665. The molecule has 0 saturated heterocycles. The van der Waals surface area contributed by atoms with Crippen LogP contribution in [0.3, 0.4) is 0 Å². The fourth-order valence-electron chi connectivity index (χ4n) is 4.23. The summed E-state index contributed by atoms with van der Waals surface area (Å²) in [7, 11) is -6.60. The van der Waals surface area contributed by atoms with E-state index in [1.807, 2.05) is 31.2 Å². The van der Waals surface area contributed by atoms with Crippen molar-refractivity contribution in [1.29, 1.82) is 0 Å². The Morgan fingerprint density at radius 2 is 1.62 bits per heavy atom. The lowest BCUT2D eigenvalue weighted by molar-refractivity contribution is -0.142. The minimum atomic E-state index is -4.03. The molecule has 3 aromatic carbocycles. The summed E-state index contributed by atoms with van der Waals surface area (Å²) in [6, 6.07) is 18.9. The number of ether oxygens (including phenoxy) is 1. The van der Waals surface area contributed by atoms with Gasteiger partial charge in [0, 0.05) is 35.5 Å². The van der Waals surface area contributed by atoms with Crippen LogP contribution in [0.25, 0.3) is 10.9 Å². The maximum absolute atomic E-state index is 13.1. The molecule has 0 bridgehead atoms. The third kappa shape index (κ3) is 8.08. The number of unbranched alkanes of at least 4 members (excludes halogenated alkanes) is 2. The third-order valence-electron chi connectivity index (χ3n) is 6.52. The lowest BCUT2D eigenvalue weighted by Gasteiger charge is -2.16. The third-order valence-corrected chi connectivity index (χ3v) is 9.34. The number of nitrogens with one attached hydrogen (secondary N) is 2. The summed E-state index contributed by atoms with van der Waals surface area (Å²) in [6.07, 6.45) is 3.54. The summed E-state index contributed by atoms with van der Waals surface area (Å²) in [5.41, 5.74) is 3.25. The summed E-state index contributed by atoms with van der Waals surface area (Å²) in [4.78, 5) is 15.7. The van der Waals surface area contributed by atoms with E-state index in [0.717, 1.165) is 22.0 Å². The van der Waals surface area contributed by atoms with Gasteiger partial charge in [0.25, 0.3) is 10.1 Å². The zero-order chi connectivity index (χ0) is 30.2. The summed E-state index contributed by atoms with van der Waals surface area (Å²) in [5.74, 6) is 5.29. The Balaban J connectivity index is 1.29. The van der Waals surface area contributed by atoms with E-state index in [0.29, 0.717) is 24.8 Å². The van der Waals surface area contributed by atoms with Gasteiger partial charge in [0.1, 0.15) is 6.04 Å². The van der Waals surface area contributed by atoms with Crippen LogP contribution in [-0.2, 0) is 40.3 Å². The highest BCUT2D eigenvalue weighted by atomic mass is 32.2. The molecule has 0 fully saturated rings. The molecule has 0 aliphatic carbocycles. The number of sulfonamides is 1. The minimum Gasteiger partial charge on any atom is -0.468 e. The Bertz CT molecular complexity index is 1800. The molecular weight excluding hydrogens is 576 g/mol. The highest BCUT2D eigenvalue weighted by Gasteiger charge is 2.27. The molecule has 220 valence electrons. The van der Waals surface area contributed by atoms with Crippen molar-refractivity contribution in [1.82, 2.24) is 9.71 Å². The maximum Gasteiger partial charge on any atom is 0.324 e. The highest BCUT2D eigenvalue weighted by molar-refractivity contribution is 7.89. The molecule has 2 N–H and O–H groups in total. The van der Waals surface area contributed by atoms with Gasteiger partial charge in [0.2, 0.25) is 10.0 Å². The van der Waals surface area contributed by atoms with Crippen molar-refractivity contribution >= 4 is 37.0 Å². The van der Waals surface area contributed by atoms with Crippen LogP contribution in [0, 0.1) is 18.8 Å². The van der Waals surface area contributed by atoms with E-state index in [-0.39, 0.29) is 22.8 Å². The fourth-order valence-corrected chi connectivity index (χ4v) is 6.36. The lowest BCUT2D eigenvalue weighted by atomic mass is 10.1. The number of carbonyl (C=O) groups is 1. The van der Waals surface area contributed by atoms with E-state index in [9.17, 15) is 21.6 Å². The van der Waals surface area contributed by atoms with Crippen molar-refractivity contribution in [3.8, 4) is 11.8 Å². The molecule has 4 aromatic rings. The normalized spacial score (nSPS) is 12.4. The molecule has 1 aromatic heterocycles. The second-order valence-electron chi connectivity index (χ2n) is 9.63. The number of hydrogen-bond donors (Lipinski definition) is 2. The topological polar surface area (TPSA) is 132 Å². The van der Waals surface area contributed by atoms with Crippen LogP contribution in [0.2, 0.25) is 0 Å². The second kappa shape index (κ2) is 13.8. The Hall–Kier alpha value is -3.95. The van der Waals surface area contributed by atoms with Gasteiger partial charge in [-0.2, -0.15) is 13.1 Å². The number of carbonyl (C=O) groups excluding carboxylic acids is 1. The molecule has 11 heteroatoms. The Morgan fingerprint density at radius 3 is 2.33 bits per heavy atom. The molecule has 0 unspecified atom stereocenters. The molecule has 0 amide bonds. The molecule has 0 radical (unpaired) electrons. The van der Waals surface area contributed by atoms with Crippen LogP contribution in [-0.4, -0.2) is 47.5 Å². The Morgan fingerprint density at radius 1 is 0.929 bits per heavy atom. The molecule has 0 aliphatic heterocycles. The predicted molar refractivity (Wildman–Crippen MR) is 160 cm³/mol. The van der Waals surface area contributed by atoms with Gasteiger partial charge in [-0.1, -0.05) is 47.7 Å². The second-order valence-corrected chi connectivity index (χ2v) is 13.0. The maximum atomic E-state index is 13.1. The first-order valence-corrected chi connectivity index (χ1v) is 16.2. The van der Waals surface area contributed by atoms with Crippen LogP contribution < -0.4 is 4.72 Å². The van der Waals surface area contributed by atoms with Gasteiger partial charge in [-0.3, -0.25) is 8.98 Å². The van der Waals surface area contributed by atoms with Crippen molar-refractivity contribution in [2.24, 2.45) is 0 Å². The number of aromatic nitrogens is 1. The molecule has 1 atom stereocenters. The zero-order valence-corrected chi connectivity index (χ0v) is 24.9. The molecule has 9 nitrogen and oxygen atoms in total. The van der Waals surface area contributed by atoms with Gasteiger partial charge in [-0.05, 0) is 67.8 Å². The van der Waals surface area contributed by atoms with Gasteiger partial charge in [-0.15, -0.1) is 0 Å². The largest absolute Gasteiger partial charge is 0.468 e. The van der Waals surface area contributed by atoms with Gasteiger partial charge < -0.3 is 9.72 Å². The Labute approximate surface area is 246 Å². The van der Waals surface area contributed by atoms with Crippen molar-refractivity contribution in [3.05, 3.63) is 95.7 Å². The van der Waals surface area contributed by atoms with E-state index in [1.54, 1.807) is 30.5 Å². The van der Waals surface area contributed by atoms with E-state index < -0.39 is 32.2 Å².